The number of rotatable bonds is 2. The molecular formula is C16H13FO3. The Kier molecular flexibility index (Phi) is 3.14. The van der Waals surface area contributed by atoms with E-state index in [4.69, 9.17) is 9.47 Å². The van der Waals surface area contributed by atoms with Crippen LogP contribution in [0.4, 0.5) is 4.39 Å². The summed E-state index contributed by atoms with van der Waals surface area (Å²) in [6, 6.07) is 9.39. The summed E-state index contributed by atoms with van der Waals surface area (Å²) in [7, 11) is 0. The first-order valence-corrected chi connectivity index (χ1v) is 6.35. The van der Waals surface area contributed by atoms with Crippen LogP contribution in [0.1, 0.15) is 21.5 Å². The molecule has 0 unspecified atom stereocenters. The van der Waals surface area contributed by atoms with Gasteiger partial charge in [-0.2, -0.15) is 0 Å². The number of hydrogen-bond acceptors (Lipinski definition) is 3. The van der Waals surface area contributed by atoms with Crippen LogP contribution in [-0.2, 0) is 0 Å². The highest BCUT2D eigenvalue weighted by atomic mass is 19.1. The molecule has 0 amide bonds. The average molecular weight is 272 g/mol. The molecule has 1 aliphatic rings. The highest BCUT2D eigenvalue weighted by Gasteiger charge is 2.18. The second-order valence-corrected chi connectivity index (χ2v) is 4.67. The number of hydrogen-bond donors (Lipinski definition) is 0. The SMILES string of the molecule is Cc1ccc(F)c(C(=O)c2ccc3c(c2)OCCO3)c1. The molecule has 1 aliphatic heterocycles. The van der Waals surface area contributed by atoms with Crippen LogP contribution in [-0.4, -0.2) is 19.0 Å². The van der Waals surface area contributed by atoms with E-state index in [0.29, 0.717) is 30.3 Å². The number of fused-ring (bicyclic) bond motifs is 1. The molecule has 0 spiro atoms. The molecule has 0 atom stereocenters. The number of halogens is 1. The Morgan fingerprint density at radius 3 is 2.60 bits per heavy atom. The van der Waals surface area contributed by atoms with E-state index in [9.17, 15) is 9.18 Å². The molecular weight excluding hydrogens is 259 g/mol. The average Bonchev–Trinajstić information content (AvgIpc) is 2.48. The van der Waals surface area contributed by atoms with E-state index in [0.717, 1.165) is 5.56 Å². The van der Waals surface area contributed by atoms with Crippen LogP contribution in [0.25, 0.3) is 0 Å². The van der Waals surface area contributed by atoms with Crippen molar-refractivity contribution in [2.45, 2.75) is 6.92 Å². The fourth-order valence-electron chi connectivity index (χ4n) is 2.15. The maximum Gasteiger partial charge on any atom is 0.196 e. The van der Waals surface area contributed by atoms with Crippen molar-refractivity contribution in [2.75, 3.05) is 13.2 Å². The lowest BCUT2D eigenvalue weighted by atomic mass is 10.0. The first-order chi connectivity index (χ1) is 9.65. The summed E-state index contributed by atoms with van der Waals surface area (Å²) in [5.41, 5.74) is 1.30. The lowest BCUT2D eigenvalue weighted by Crippen LogP contribution is -2.16. The first-order valence-electron chi connectivity index (χ1n) is 6.35. The van der Waals surface area contributed by atoms with E-state index in [-0.39, 0.29) is 11.3 Å². The van der Waals surface area contributed by atoms with Gasteiger partial charge in [0, 0.05) is 5.56 Å². The Labute approximate surface area is 115 Å². The highest BCUT2D eigenvalue weighted by Crippen LogP contribution is 2.31. The van der Waals surface area contributed by atoms with E-state index in [1.165, 1.54) is 6.07 Å². The molecule has 0 aliphatic carbocycles. The number of ether oxygens (including phenoxy) is 2. The van der Waals surface area contributed by atoms with Crippen molar-refractivity contribution in [1.82, 2.24) is 0 Å². The Balaban J connectivity index is 2.00. The standard InChI is InChI=1S/C16H13FO3/c1-10-2-4-13(17)12(8-10)16(18)11-3-5-14-15(9-11)20-7-6-19-14/h2-5,8-9H,6-7H2,1H3. The van der Waals surface area contributed by atoms with Gasteiger partial charge in [0.1, 0.15) is 19.0 Å². The summed E-state index contributed by atoms with van der Waals surface area (Å²) in [4.78, 5) is 12.4. The van der Waals surface area contributed by atoms with Crippen LogP contribution < -0.4 is 9.47 Å². The highest BCUT2D eigenvalue weighted by molar-refractivity contribution is 6.09. The van der Waals surface area contributed by atoms with Gasteiger partial charge in [0.25, 0.3) is 0 Å². The van der Waals surface area contributed by atoms with Crippen molar-refractivity contribution in [2.24, 2.45) is 0 Å². The van der Waals surface area contributed by atoms with Crippen molar-refractivity contribution < 1.29 is 18.7 Å². The molecule has 102 valence electrons. The second kappa shape index (κ2) is 4.96. The van der Waals surface area contributed by atoms with Crippen LogP contribution >= 0.6 is 0 Å². The smallest absolute Gasteiger partial charge is 0.196 e. The minimum atomic E-state index is -0.518. The Morgan fingerprint density at radius 2 is 1.80 bits per heavy atom. The van der Waals surface area contributed by atoms with Gasteiger partial charge < -0.3 is 9.47 Å². The molecule has 1 heterocycles. The predicted molar refractivity (Wildman–Crippen MR) is 72.0 cm³/mol. The summed E-state index contributed by atoms with van der Waals surface area (Å²) in [5, 5.41) is 0. The summed E-state index contributed by atoms with van der Waals surface area (Å²) in [6.45, 7) is 2.76. The molecule has 0 bridgehead atoms. The molecule has 2 aromatic carbocycles. The summed E-state index contributed by atoms with van der Waals surface area (Å²) >= 11 is 0. The zero-order valence-corrected chi connectivity index (χ0v) is 11.0. The molecule has 3 nitrogen and oxygen atoms in total. The van der Waals surface area contributed by atoms with Gasteiger partial charge in [-0.3, -0.25) is 4.79 Å². The molecule has 0 N–H and O–H groups in total. The molecule has 2 aromatic rings. The fraction of sp³-hybridized carbons (Fsp3) is 0.188. The zero-order valence-electron chi connectivity index (χ0n) is 11.0. The third-order valence-corrected chi connectivity index (χ3v) is 3.17. The lowest BCUT2D eigenvalue weighted by molar-refractivity contribution is 0.103. The van der Waals surface area contributed by atoms with Gasteiger partial charge in [0.05, 0.1) is 5.56 Å². The van der Waals surface area contributed by atoms with E-state index in [1.54, 1.807) is 30.3 Å². The molecule has 0 saturated heterocycles. The third kappa shape index (κ3) is 2.25. The van der Waals surface area contributed by atoms with Crippen LogP contribution in [0.5, 0.6) is 11.5 Å². The topological polar surface area (TPSA) is 35.5 Å². The van der Waals surface area contributed by atoms with Crippen molar-refractivity contribution in [3.63, 3.8) is 0 Å². The molecule has 0 saturated carbocycles. The van der Waals surface area contributed by atoms with Gasteiger partial charge in [-0.05, 0) is 37.3 Å². The van der Waals surface area contributed by atoms with Crippen LogP contribution in [0.15, 0.2) is 36.4 Å². The van der Waals surface area contributed by atoms with Crippen LogP contribution in [0.3, 0.4) is 0 Å². The minimum Gasteiger partial charge on any atom is -0.486 e. The van der Waals surface area contributed by atoms with Gasteiger partial charge in [0.15, 0.2) is 17.3 Å². The van der Waals surface area contributed by atoms with E-state index >= 15 is 0 Å². The predicted octanol–water partition coefficient (Wildman–Crippen LogP) is 3.14. The van der Waals surface area contributed by atoms with Crippen molar-refractivity contribution >= 4 is 5.78 Å². The van der Waals surface area contributed by atoms with Crippen LogP contribution in [0.2, 0.25) is 0 Å². The quantitative estimate of drug-likeness (QED) is 0.788. The monoisotopic (exact) mass is 272 g/mol. The molecule has 4 heteroatoms. The number of aryl methyl sites for hydroxylation is 1. The molecule has 20 heavy (non-hydrogen) atoms. The second-order valence-electron chi connectivity index (χ2n) is 4.67. The molecule has 0 aromatic heterocycles. The molecule has 0 fully saturated rings. The lowest BCUT2D eigenvalue weighted by Gasteiger charge is -2.18. The van der Waals surface area contributed by atoms with E-state index in [1.807, 2.05) is 6.92 Å². The molecule has 0 radical (unpaired) electrons. The first kappa shape index (κ1) is 12.7. The maximum atomic E-state index is 13.8. The summed E-state index contributed by atoms with van der Waals surface area (Å²) in [6.07, 6.45) is 0. The Hall–Kier alpha value is -2.36. The van der Waals surface area contributed by atoms with E-state index < -0.39 is 5.82 Å². The van der Waals surface area contributed by atoms with Gasteiger partial charge in [0.2, 0.25) is 0 Å². The summed E-state index contributed by atoms with van der Waals surface area (Å²) in [5.74, 6) is 0.256. The fourth-order valence-corrected chi connectivity index (χ4v) is 2.15. The number of benzene rings is 2. The zero-order chi connectivity index (χ0) is 14.1. The Morgan fingerprint density at radius 1 is 1.05 bits per heavy atom. The van der Waals surface area contributed by atoms with Crippen molar-refractivity contribution in [3.05, 3.63) is 58.9 Å². The van der Waals surface area contributed by atoms with Gasteiger partial charge in [-0.15, -0.1) is 0 Å². The van der Waals surface area contributed by atoms with Gasteiger partial charge >= 0.3 is 0 Å². The van der Waals surface area contributed by atoms with Gasteiger partial charge in [-0.25, -0.2) is 4.39 Å². The van der Waals surface area contributed by atoms with Crippen molar-refractivity contribution in [3.8, 4) is 11.5 Å². The van der Waals surface area contributed by atoms with Crippen molar-refractivity contribution in [1.29, 1.82) is 0 Å². The number of carbonyl (C=O) groups is 1. The number of ketones is 1. The largest absolute Gasteiger partial charge is 0.486 e. The van der Waals surface area contributed by atoms with Gasteiger partial charge in [-0.1, -0.05) is 11.6 Å². The molecule has 3 rings (SSSR count). The minimum absolute atomic E-state index is 0.0710. The Bertz CT molecular complexity index is 679. The third-order valence-electron chi connectivity index (χ3n) is 3.17. The van der Waals surface area contributed by atoms with E-state index in [2.05, 4.69) is 0 Å². The summed E-state index contributed by atoms with van der Waals surface area (Å²) < 4.78 is 24.6. The maximum absolute atomic E-state index is 13.8. The normalized spacial score (nSPS) is 13.1. The van der Waals surface area contributed by atoms with Crippen LogP contribution in [0, 0.1) is 12.7 Å². The number of carbonyl (C=O) groups excluding carboxylic acids is 1.